The van der Waals surface area contributed by atoms with E-state index < -0.39 is 0 Å². The zero-order valence-corrected chi connectivity index (χ0v) is 25.6. The monoisotopic (exact) mass is 575 g/mol. The minimum absolute atomic E-state index is 0.0223. The van der Waals surface area contributed by atoms with Crippen LogP contribution in [0.3, 0.4) is 0 Å². The molecule has 9 heteroatoms. The Morgan fingerprint density at radius 2 is 1.69 bits per heavy atom. The third-order valence-electron chi connectivity index (χ3n) is 8.41. The van der Waals surface area contributed by atoms with Gasteiger partial charge in [0.2, 0.25) is 0 Å². The molecule has 0 unspecified atom stereocenters. The maximum Gasteiger partial charge on any atom is 0.324 e. The van der Waals surface area contributed by atoms with E-state index in [0.717, 1.165) is 79.7 Å². The van der Waals surface area contributed by atoms with Crippen molar-refractivity contribution in [3.8, 4) is 28.4 Å². The molecule has 0 atom stereocenters. The van der Waals surface area contributed by atoms with Crippen LogP contribution in [-0.4, -0.2) is 79.7 Å². The molecule has 3 aromatic rings. The van der Waals surface area contributed by atoms with Crippen molar-refractivity contribution in [1.29, 1.82) is 0 Å². The van der Waals surface area contributed by atoms with Gasteiger partial charge in [-0.05, 0) is 75.6 Å². The number of likely N-dealkylation sites (tertiary alicyclic amines) is 1. The van der Waals surface area contributed by atoms with Crippen LogP contribution in [-0.2, 0) is 6.54 Å². The molecule has 42 heavy (non-hydrogen) atoms. The maximum absolute atomic E-state index is 13.8. The Morgan fingerprint density at radius 3 is 2.45 bits per heavy atom. The lowest BCUT2D eigenvalue weighted by atomic mass is 10.0. The molecule has 226 valence electrons. The van der Waals surface area contributed by atoms with E-state index in [1.807, 2.05) is 40.3 Å². The largest absolute Gasteiger partial charge is 0.496 e. The number of ether oxygens (including phenoxy) is 3. The number of methoxy groups -OCH3 is 2. The molecule has 2 amide bonds. The van der Waals surface area contributed by atoms with Crippen molar-refractivity contribution in [2.45, 2.75) is 58.0 Å². The summed E-state index contributed by atoms with van der Waals surface area (Å²) in [5.74, 6) is 2.13. The number of carbonyl (C=O) groups excluding carboxylic acids is 1. The number of amides is 2. The zero-order chi connectivity index (χ0) is 29.5. The second-order valence-corrected chi connectivity index (χ2v) is 11.4. The maximum atomic E-state index is 13.8. The number of urea groups is 1. The second-order valence-electron chi connectivity index (χ2n) is 11.4. The van der Waals surface area contributed by atoms with Crippen molar-refractivity contribution in [3.63, 3.8) is 0 Å². The van der Waals surface area contributed by atoms with E-state index in [-0.39, 0.29) is 6.03 Å². The summed E-state index contributed by atoms with van der Waals surface area (Å²) in [7, 11) is 5.50. The van der Waals surface area contributed by atoms with Crippen LogP contribution in [0.5, 0.6) is 17.2 Å². The van der Waals surface area contributed by atoms with E-state index in [1.165, 1.54) is 0 Å². The molecule has 0 saturated carbocycles. The summed E-state index contributed by atoms with van der Waals surface area (Å²) < 4.78 is 19.4. The predicted molar refractivity (Wildman–Crippen MR) is 166 cm³/mol. The van der Waals surface area contributed by atoms with Gasteiger partial charge >= 0.3 is 6.03 Å². The summed E-state index contributed by atoms with van der Waals surface area (Å²) >= 11 is 0. The smallest absolute Gasteiger partial charge is 0.324 e. The third-order valence-corrected chi connectivity index (χ3v) is 8.41. The van der Waals surface area contributed by atoms with E-state index in [2.05, 4.69) is 41.9 Å². The van der Waals surface area contributed by atoms with Gasteiger partial charge < -0.3 is 24.0 Å². The topological polar surface area (TPSA) is 72.3 Å². The van der Waals surface area contributed by atoms with Crippen LogP contribution in [0.25, 0.3) is 11.1 Å². The van der Waals surface area contributed by atoms with Crippen molar-refractivity contribution in [2.24, 2.45) is 0 Å². The number of hydrogen-bond donors (Lipinski definition) is 0. The molecule has 2 saturated heterocycles. The molecule has 2 aromatic carbocycles. The first kappa shape index (κ1) is 29.8. The lowest BCUT2D eigenvalue weighted by molar-refractivity contribution is 0.191. The van der Waals surface area contributed by atoms with Crippen LogP contribution >= 0.6 is 0 Å². The van der Waals surface area contributed by atoms with E-state index in [4.69, 9.17) is 19.3 Å². The summed E-state index contributed by atoms with van der Waals surface area (Å²) in [6.07, 6.45) is 10.4. The van der Waals surface area contributed by atoms with Gasteiger partial charge in [-0.15, -0.1) is 0 Å². The molecule has 1 aromatic heterocycles. The van der Waals surface area contributed by atoms with Gasteiger partial charge in [0.25, 0.3) is 0 Å². The highest BCUT2D eigenvalue weighted by molar-refractivity contribution is 5.93. The quantitative estimate of drug-likeness (QED) is 0.238. The molecule has 5 rings (SSSR count). The molecule has 0 spiro atoms. The van der Waals surface area contributed by atoms with E-state index in [0.29, 0.717) is 43.8 Å². The van der Waals surface area contributed by atoms with Crippen molar-refractivity contribution in [1.82, 2.24) is 19.6 Å². The van der Waals surface area contributed by atoms with Gasteiger partial charge in [-0.1, -0.05) is 25.8 Å². The highest BCUT2D eigenvalue weighted by Gasteiger charge is 2.28. The first-order chi connectivity index (χ1) is 20.5. The summed E-state index contributed by atoms with van der Waals surface area (Å²) in [4.78, 5) is 19.9. The number of hydrogen-bond acceptors (Lipinski definition) is 6. The molecule has 2 aliphatic heterocycles. The lowest BCUT2D eigenvalue weighted by Gasteiger charge is -2.36. The van der Waals surface area contributed by atoms with Gasteiger partial charge in [0, 0.05) is 42.2 Å². The highest BCUT2D eigenvalue weighted by atomic mass is 16.5. The number of unbranched alkanes of at least 4 members (excludes halogenated alkanes) is 2. The fourth-order valence-electron chi connectivity index (χ4n) is 5.88. The van der Waals surface area contributed by atoms with Gasteiger partial charge in [0.1, 0.15) is 5.75 Å². The number of carbonyl (C=O) groups is 1. The average Bonchev–Trinajstić information content (AvgIpc) is 3.51. The number of aromatic nitrogens is 2. The van der Waals surface area contributed by atoms with Crippen LogP contribution in [0.1, 0.15) is 57.1 Å². The fraction of sp³-hybridized carbons (Fsp3) is 0.515. The van der Waals surface area contributed by atoms with Gasteiger partial charge in [0.15, 0.2) is 11.5 Å². The van der Waals surface area contributed by atoms with E-state index in [9.17, 15) is 4.79 Å². The molecule has 9 nitrogen and oxygen atoms in total. The van der Waals surface area contributed by atoms with Crippen molar-refractivity contribution in [3.05, 3.63) is 54.4 Å². The molecular weight excluding hydrogens is 530 g/mol. The molecule has 2 fully saturated rings. The summed E-state index contributed by atoms with van der Waals surface area (Å²) in [5, 5.41) is 4.71. The highest BCUT2D eigenvalue weighted by Crippen LogP contribution is 2.34. The SMILES string of the molecule is CCCCCOc1cc(N2CCCN(Cc3cc(-c4cnn(C5CCN(C)CC5)c4)ccc3OC)C2=O)ccc1OC. The minimum atomic E-state index is -0.0223. The average molecular weight is 576 g/mol. The third kappa shape index (κ3) is 6.84. The molecule has 0 bridgehead atoms. The first-order valence-corrected chi connectivity index (χ1v) is 15.3. The molecule has 0 N–H and O–H groups in total. The van der Waals surface area contributed by atoms with Crippen LogP contribution < -0.4 is 19.1 Å². The number of piperidine rings is 1. The Kier molecular flexibility index (Phi) is 9.89. The van der Waals surface area contributed by atoms with Gasteiger partial charge in [-0.2, -0.15) is 5.10 Å². The molecule has 2 aliphatic rings. The normalized spacial score (nSPS) is 16.6. The Balaban J connectivity index is 1.31. The van der Waals surface area contributed by atoms with Gasteiger partial charge in [-0.25, -0.2) is 4.79 Å². The zero-order valence-electron chi connectivity index (χ0n) is 25.6. The molecular formula is C33H45N5O4. The number of rotatable bonds is 12. The van der Waals surface area contributed by atoms with Crippen LogP contribution in [0.4, 0.5) is 10.5 Å². The van der Waals surface area contributed by atoms with E-state index in [1.54, 1.807) is 14.2 Å². The number of anilines is 1. The van der Waals surface area contributed by atoms with Crippen molar-refractivity contribution >= 4 is 11.7 Å². The lowest BCUT2D eigenvalue weighted by Crippen LogP contribution is -2.49. The van der Waals surface area contributed by atoms with Crippen molar-refractivity contribution < 1.29 is 19.0 Å². The second kappa shape index (κ2) is 14.0. The molecule has 3 heterocycles. The Bertz CT molecular complexity index is 1330. The fourth-order valence-corrected chi connectivity index (χ4v) is 5.88. The standard InChI is InChI=1S/C33H45N5O4/c1-5-6-7-19-42-32-21-29(10-12-31(32)41-4)37-16-8-15-36(33(37)39)23-26-20-25(9-11-30(26)40-3)27-22-34-38(24-27)28-13-17-35(2)18-14-28/h9-12,20-22,24,28H,5-8,13-19,23H2,1-4H3. The summed E-state index contributed by atoms with van der Waals surface area (Å²) in [5.41, 5.74) is 3.95. The number of benzene rings is 2. The summed E-state index contributed by atoms with van der Waals surface area (Å²) in [6, 6.07) is 12.4. The van der Waals surface area contributed by atoms with Crippen LogP contribution in [0.15, 0.2) is 48.8 Å². The van der Waals surface area contributed by atoms with Crippen molar-refractivity contribution in [2.75, 3.05) is 59.0 Å². The minimum Gasteiger partial charge on any atom is -0.496 e. The molecule has 0 radical (unpaired) electrons. The summed E-state index contributed by atoms with van der Waals surface area (Å²) in [6.45, 7) is 6.80. The van der Waals surface area contributed by atoms with Gasteiger partial charge in [0.05, 0.1) is 39.6 Å². The van der Waals surface area contributed by atoms with E-state index >= 15 is 0 Å². The Hall–Kier alpha value is -3.72. The van der Waals surface area contributed by atoms with Crippen LogP contribution in [0.2, 0.25) is 0 Å². The van der Waals surface area contributed by atoms with Crippen LogP contribution in [0, 0.1) is 0 Å². The first-order valence-electron chi connectivity index (χ1n) is 15.3. The number of nitrogens with zero attached hydrogens (tertiary/aromatic N) is 5. The predicted octanol–water partition coefficient (Wildman–Crippen LogP) is 6.24. The Morgan fingerprint density at radius 1 is 0.905 bits per heavy atom. The molecule has 0 aliphatic carbocycles. The Labute approximate surface area is 249 Å². The van der Waals surface area contributed by atoms with Gasteiger partial charge in [-0.3, -0.25) is 9.58 Å².